The fourth-order valence-corrected chi connectivity index (χ4v) is 4.30. The SMILES string of the molecule is Cc1ccc(SCCN2CCN(Cc3cn4ccccc4n3)CC2)cc1. The van der Waals surface area contributed by atoms with E-state index in [9.17, 15) is 0 Å². The van der Waals surface area contributed by atoms with E-state index in [1.165, 1.54) is 22.7 Å². The van der Waals surface area contributed by atoms with Crippen molar-refractivity contribution in [2.24, 2.45) is 0 Å². The van der Waals surface area contributed by atoms with Crippen LogP contribution in [-0.4, -0.2) is 57.7 Å². The quantitative estimate of drug-likeness (QED) is 0.623. The second-order valence-corrected chi connectivity index (χ2v) is 8.15. The molecule has 3 heterocycles. The highest BCUT2D eigenvalue weighted by Crippen LogP contribution is 2.18. The Morgan fingerprint density at radius 1 is 0.962 bits per heavy atom. The summed E-state index contributed by atoms with van der Waals surface area (Å²) in [5.41, 5.74) is 3.53. The lowest BCUT2D eigenvalue weighted by molar-refractivity contribution is 0.132. The van der Waals surface area contributed by atoms with Gasteiger partial charge in [0.05, 0.1) is 5.69 Å². The van der Waals surface area contributed by atoms with Crippen molar-refractivity contribution in [3.63, 3.8) is 0 Å². The Hall–Kier alpha value is -1.82. The summed E-state index contributed by atoms with van der Waals surface area (Å²) in [5, 5.41) is 0. The second kappa shape index (κ2) is 8.25. The predicted molar refractivity (Wildman–Crippen MR) is 109 cm³/mol. The monoisotopic (exact) mass is 366 g/mol. The summed E-state index contributed by atoms with van der Waals surface area (Å²) >= 11 is 1.96. The zero-order valence-electron chi connectivity index (χ0n) is 15.3. The number of aromatic nitrogens is 2. The van der Waals surface area contributed by atoms with Gasteiger partial charge in [0.1, 0.15) is 5.65 Å². The van der Waals surface area contributed by atoms with Gasteiger partial charge in [-0.1, -0.05) is 23.8 Å². The van der Waals surface area contributed by atoms with Crippen molar-refractivity contribution in [3.8, 4) is 0 Å². The number of piperazine rings is 1. The average Bonchev–Trinajstić information content (AvgIpc) is 3.07. The molecule has 136 valence electrons. The molecule has 0 unspecified atom stereocenters. The molecule has 0 amide bonds. The Morgan fingerprint density at radius 2 is 1.73 bits per heavy atom. The second-order valence-electron chi connectivity index (χ2n) is 6.98. The first-order chi connectivity index (χ1) is 12.8. The molecule has 0 aliphatic carbocycles. The summed E-state index contributed by atoms with van der Waals surface area (Å²) in [7, 11) is 0. The summed E-state index contributed by atoms with van der Waals surface area (Å²) in [4.78, 5) is 11.2. The molecule has 4 rings (SSSR count). The Balaban J connectivity index is 1.20. The van der Waals surface area contributed by atoms with E-state index in [0.29, 0.717) is 0 Å². The van der Waals surface area contributed by atoms with Crippen molar-refractivity contribution in [1.29, 1.82) is 0 Å². The Kier molecular flexibility index (Phi) is 5.58. The highest BCUT2D eigenvalue weighted by atomic mass is 32.2. The minimum absolute atomic E-state index is 0.952. The van der Waals surface area contributed by atoms with Gasteiger partial charge >= 0.3 is 0 Å². The normalized spacial score (nSPS) is 16.3. The van der Waals surface area contributed by atoms with E-state index >= 15 is 0 Å². The molecule has 0 spiro atoms. The Bertz CT molecular complexity index is 802. The van der Waals surface area contributed by atoms with Crippen LogP contribution in [0.25, 0.3) is 5.65 Å². The number of benzene rings is 1. The minimum atomic E-state index is 0.952. The third-order valence-electron chi connectivity index (χ3n) is 4.96. The largest absolute Gasteiger partial charge is 0.307 e. The molecule has 1 aromatic carbocycles. The molecule has 1 aliphatic rings. The van der Waals surface area contributed by atoms with Crippen molar-refractivity contribution in [2.75, 3.05) is 38.5 Å². The number of aryl methyl sites for hydroxylation is 1. The lowest BCUT2D eigenvalue weighted by Gasteiger charge is -2.34. The van der Waals surface area contributed by atoms with Gasteiger partial charge in [0.2, 0.25) is 0 Å². The third kappa shape index (κ3) is 4.47. The van der Waals surface area contributed by atoms with E-state index < -0.39 is 0 Å². The Morgan fingerprint density at radius 3 is 2.50 bits per heavy atom. The molecule has 0 atom stereocenters. The summed E-state index contributed by atoms with van der Waals surface area (Å²) in [6.45, 7) is 8.82. The molecule has 0 radical (unpaired) electrons. The van der Waals surface area contributed by atoms with E-state index in [1.807, 2.05) is 23.9 Å². The van der Waals surface area contributed by atoms with Gasteiger partial charge in [-0.15, -0.1) is 11.8 Å². The molecule has 0 saturated carbocycles. The van der Waals surface area contributed by atoms with E-state index in [0.717, 1.165) is 44.1 Å². The van der Waals surface area contributed by atoms with Crippen LogP contribution in [-0.2, 0) is 6.54 Å². The van der Waals surface area contributed by atoms with Crippen LogP contribution in [0.1, 0.15) is 11.3 Å². The van der Waals surface area contributed by atoms with E-state index in [2.05, 4.69) is 63.8 Å². The van der Waals surface area contributed by atoms with Gasteiger partial charge in [-0.2, -0.15) is 0 Å². The average molecular weight is 367 g/mol. The lowest BCUT2D eigenvalue weighted by Crippen LogP contribution is -2.46. The number of hydrogen-bond donors (Lipinski definition) is 0. The number of thioether (sulfide) groups is 1. The Labute approximate surface area is 159 Å². The van der Waals surface area contributed by atoms with Crippen LogP contribution in [0.15, 0.2) is 59.8 Å². The van der Waals surface area contributed by atoms with Crippen molar-refractivity contribution in [2.45, 2.75) is 18.4 Å². The first kappa shape index (κ1) is 17.6. The van der Waals surface area contributed by atoms with Crippen molar-refractivity contribution >= 4 is 17.4 Å². The molecule has 1 saturated heterocycles. The first-order valence-electron chi connectivity index (χ1n) is 9.33. The molecule has 3 aromatic rings. The lowest BCUT2D eigenvalue weighted by atomic mass is 10.2. The van der Waals surface area contributed by atoms with Gasteiger partial charge in [-0.05, 0) is 31.2 Å². The topological polar surface area (TPSA) is 23.8 Å². The van der Waals surface area contributed by atoms with Crippen LogP contribution < -0.4 is 0 Å². The fourth-order valence-electron chi connectivity index (χ4n) is 3.39. The van der Waals surface area contributed by atoms with Crippen LogP contribution in [0.4, 0.5) is 0 Å². The maximum Gasteiger partial charge on any atom is 0.137 e. The van der Waals surface area contributed by atoms with Crippen LogP contribution in [0.3, 0.4) is 0 Å². The van der Waals surface area contributed by atoms with Gasteiger partial charge in [0.15, 0.2) is 0 Å². The predicted octanol–water partition coefficient (Wildman–Crippen LogP) is 3.55. The smallest absolute Gasteiger partial charge is 0.137 e. The van der Waals surface area contributed by atoms with E-state index in [-0.39, 0.29) is 0 Å². The zero-order chi connectivity index (χ0) is 17.8. The molecule has 1 aliphatic heterocycles. The number of hydrogen-bond acceptors (Lipinski definition) is 4. The number of imidazole rings is 1. The standard InChI is InChI=1S/C21H26N4S/c1-18-5-7-20(8-6-18)26-15-14-23-10-12-24(13-11-23)16-19-17-25-9-3-2-4-21(25)22-19/h2-9,17H,10-16H2,1H3. The molecule has 2 aromatic heterocycles. The van der Waals surface area contributed by atoms with Crippen molar-refractivity contribution in [1.82, 2.24) is 19.2 Å². The zero-order valence-corrected chi connectivity index (χ0v) is 16.2. The fraction of sp³-hybridized carbons (Fsp3) is 0.381. The number of rotatable bonds is 6. The molecule has 26 heavy (non-hydrogen) atoms. The molecular formula is C21H26N4S. The summed E-state index contributed by atoms with van der Waals surface area (Å²) in [5.74, 6) is 1.16. The maximum atomic E-state index is 4.72. The van der Waals surface area contributed by atoms with Crippen molar-refractivity contribution < 1.29 is 0 Å². The van der Waals surface area contributed by atoms with Gasteiger partial charge < -0.3 is 4.40 Å². The summed E-state index contributed by atoms with van der Waals surface area (Å²) in [6.07, 6.45) is 4.22. The van der Waals surface area contributed by atoms with E-state index in [1.54, 1.807) is 0 Å². The molecule has 0 bridgehead atoms. The minimum Gasteiger partial charge on any atom is -0.307 e. The van der Waals surface area contributed by atoms with Gasteiger partial charge in [0.25, 0.3) is 0 Å². The third-order valence-corrected chi connectivity index (χ3v) is 5.95. The van der Waals surface area contributed by atoms with E-state index in [4.69, 9.17) is 4.98 Å². The number of fused-ring (bicyclic) bond motifs is 1. The molecule has 1 fully saturated rings. The summed E-state index contributed by atoms with van der Waals surface area (Å²) < 4.78 is 2.11. The highest BCUT2D eigenvalue weighted by Gasteiger charge is 2.17. The van der Waals surface area contributed by atoms with Crippen molar-refractivity contribution in [3.05, 3.63) is 66.1 Å². The number of pyridine rings is 1. The van der Waals surface area contributed by atoms with Gasteiger partial charge in [-0.3, -0.25) is 9.80 Å². The highest BCUT2D eigenvalue weighted by molar-refractivity contribution is 7.99. The van der Waals surface area contributed by atoms with Crippen LogP contribution >= 0.6 is 11.8 Å². The molecule has 0 N–H and O–H groups in total. The van der Waals surface area contributed by atoms with Crippen LogP contribution in [0.5, 0.6) is 0 Å². The van der Waals surface area contributed by atoms with Gasteiger partial charge in [0, 0.05) is 62.3 Å². The first-order valence-corrected chi connectivity index (χ1v) is 10.3. The van der Waals surface area contributed by atoms with Crippen LogP contribution in [0, 0.1) is 6.92 Å². The summed E-state index contributed by atoms with van der Waals surface area (Å²) in [6, 6.07) is 15.0. The molecule has 5 heteroatoms. The maximum absolute atomic E-state index is 4.72. The molecular weight excluding hydrogens is 340 g/mol. The number of nitrogens with zero attached hydrogens (tertiary/aromatic N) is 4. The van der Waals surface area contributed by atoms with Gasteiger partial charge in [-0.25, -0.2) is 4.98 Å². The van der Waals surface area contributed by atoms with Crippen LogP contribution in [0.2, 0.25) is 0 Å². The molecule has 4 nitrogen and oxygen atoms in total.